The Hall–Kier alpha value is -2.20. The number of halogens is 2. The number of Topliss-reactive ketones (excluding diaryl/α,β-unsaturated/α-hetero) is 1. The van der Waals surface area contributed by atoms with Crippen LogP contribution in [0.1, 0.15) is 44.6 Å². The minimum Gasteiger partial charge on any atom is -0.465 e. The van der Waals surface area contributed by atoms with Gasteiger partial charge in [-0.2, -0.15) is 5.06 Å². The highest BCUT2D eigenvalue weighted by molar-refractivity contribution is 6.01. The molecule has 0 radical (unpaired) electrons. The molecule has 0 aromatic carbocycles. The van der Waals surface area contributed by atoms with Crippen molar-refractivity contribution in [2.75, 3.05) is 13.2 Å². The minimum absolute atomic E-state index is 0.0666. The summed E-state index contributed by atoms with van der Waals surface area (Å²) in [6, 6.07) is 3.67. The van der Waals surface area contributed by atoms with Gasteiger partial charge in [-0.25, -0.2) is 8.78 Å². The van der Waals surface area contributed by atoms with Crippen LogP contribution < -0.4 is 0 Å². The van der Waals surface area contributed by atoms with Crippen LogP contribution in [0.4, 0.5) is 8.78 Å². The van der Waals surface area contributed by atoms with Gasteiger partial charge in [-0.05, 0) is 68.9 Å². The number of aryl methyl sites for hydroxylation is 1. The second-order valence-electron chi connectivity index (χ2n) is 12.0. The van der Waals surface area contributed by atoms with Crippen molar-refractivity contribution >= 4 is 11.6 Å². The molecule has 6 rings (SSSR count). The summed E-state index contributed by atoms with van der Waals surface area (Å²) >= 11 is 0. The maximum atomic E-state index is 17.4. The zero-order valence-electron chi connectivity index (χ0n) is 21.2. The summed E-state index contributed by atoms with van der Waals surface area (Å²) < 4.78 is 38.7. The van der Waals surface area contributed by atoms with Crippen molar-refractivity contribution in [1.29, 1.82) is 0 Å². The third-order valence-corrected chi connectivity index (χ3v) is 10.4. The molecule has 9 heteroatoms. The number of alkyl halides is 2. The van der Waals surface area contributed by atoms with Gasteiger partial charge in [0.25, 0.3) is 0 Å². The standard InChI is InChI=1S/C28H33F2NO6/c1-15-4-5-18(36-15)13-31-12-16-8-19-20-10-22(29)21-9-17(33)6-7-25(21,2)27(20,30)23(34)11-26(19,3)28(16,37-31)24(35)14-32/h4-7,9,16,19-20,22-23,32,34H,8,10-14H2,1-3H3/t16-,19-,20-,22-,23-,25-,26-,27-,28-/m0/s1. The maximum absolute atomic E-state index is 17.4. The molecule has 7 nitrogen and oxygen atoms in total. The molecule has 1 aliphatic heterocycles. The summed E-state index contributed by atoms with van der Waals surface area (Å²) in [6.45, 7) is 5.10. The molecule has 2 N–H and O–H groups in total. The van der Waals surface area contributed by atoms with Crippen molar-refractivity contribution in [3.8, 4) is 0 Å². The van der Waals surface area contributed by atoms with Crippen LogP contribution in [0.2, 0.25) is 0 Å². The predicted molar refractivity (Wildman–Crippen MR) is 127 cm³/mol. The van der Waals surface area contributed by atoms with E-state index in [9.17, 15) is 19.8 Å². The number of furan rings is 1. The minimum atomic E-state index is -2.23. The van der Waals surface area contributed by atoms with Crippen molar-refractivity contribution < 1.29 is 37.8 Å². The fraction of sp³-hybridized carbons (Fsp3) is 0.643. The first kappa shape index (κ1) is 25.1. The van der Waals surface area contributed by atoms with E-state index in [0.29, 0.717) is 25.3 Å². The molecule has 0 spiro atoms. The molecule has 2 heterocycles. The van der Waals surface area contributed by atoms with E-state index >= 15 is 8.78 Å². The molecular weight excluding hydrogens is 484 g/mol. The number of hydrogen-bond acceptors (Lipinski definition) is 7. The number of allylic oxidation sites excluding steroid dienone is 4. The molecule has 1 aromatic heterocycles. The summed E-state index contributed by atoms with van der Waals surface area (Å²) in [6.07, 6.45) is 0.839. The molecule has 1 saturated heterocycles. The number of hydrogen-bond donors (Lipinski definition) is 2. The summed E-state index contributed by atoms with van der Waals surface area (Å²) in [5.74, 6) is -1.25. The Morgan fingerprint density at radius 3 is 2.68 bits per heavy atom. The van der Waals surface area contributed by atoms with Gasteiger partial charge in [0.05, 0.1) is 12.6 Å². The Morgan fingerprint density at radius 2 is 2.00 bits per heavy atom. The largest absolute Gasteiger partial charge is 0.465 e. The van der Waals surface area contributed by atoms with Crippen molar-refractivity contribution in [2.45, 2.75) is 70.1 Å². The normalized spacial score (nSPS) is 46.7. The summed E-state index contributed by atoms with van der Waals surface area (Å²) in [5.41, 5.74) is -6.17. The van der Waals surface area contributed by atoms with Crippen LogP contribution in [-0.4, -0.2) is 63.5 Å². The van der Waals surface area contributed by atoms with Gasteiger partial charge in [-0.1, -0.05) is 13.0 Å². The average Bonchev–Trinajstić information content (AvgIpc) is 3.49. The molecule has 37 heavy (non-hydrogen) atoms. The smallest absolute Gasteiger partial charge is 0.192 e. The highest BCUT2D eigenvalue weighted by Gasteiger charge is 2.79. The van der Waals surface area contributed by atoms with E-state index in [1.54, 1.807) is 12.0 Å². The van der Waals surface area contributed by atoms with E-state index in [-0.39, 0.29) is 24.3 Å². The van der Waals surface area contributed by atoms with Gasteiger partial charge in [0.1, 0.15) is 24.3 Å². The number of carbonyl (C=O) groups is 2. The van der Waals surface area contributed by atoms with Crippen molar-refractivity contribution in [3.63, 3.8) is 0 Å². The molecule has 3 saturated carbocycles. The zero-order valence-corrected chi connectivity index (χ0v) is 21.2. The molecule has 4 fully saturated rings. The van der Waals surface area contributed by atoms with E-state index in [0.717, 1.165) is 5.76 Å². The van der Waals surface area contributed by atoms with Gasteiger partial charge < -0.3 is 14.6 Å². The lowest BCUT2D eigenvalue weighted by molar-refractivity contribution is -0.270. The van der Waals surface area contributed by atoms with Crippen molar-refractivity contribution in [2.24, 2.45) is 28.6 Å². The van der Waals surface area contributed by atoms with Gasteiger partial charge in [0.15, 0.2) is 22.8 Å². The third-order valence-electron chi connectivity index (χ3n) is 10.4. The average molecular weight is 518 g/mol. The highest BCUT2D eigenvalue weighted by atomic mass is 19.1. The Balaban J connectivity index is 1.41. The number of fused-ring (bicyclic) bond motifs is 7. The van der Waals surface area contributed by atoms with Crippen LogP contribution in [-0.2, 0) is 21.0 Å². The molecule has 4 aliphatic carbocycles. The molecule has 9 atom stereocenters. The number of aliphatic hydroxyl groups is 2. The fourth-order valence-electron chi connectivity index (χ4n) is 8.78. The quantitative estimate of drug-likeness (QED) is 0.633. The van der Waals surface area contributed by atoms with Gasteiger partial charge in [0.2, 0.25) is 0 Å². The fourth-order valence-corrected chi connectivity index (χ4v) is 8.78. The maximum Gasteiger partial charge on any atom is 0.192 e. The van der Waals surface area contributed by atoms with E-state index in [1.807, 2.05) is 26.0 Å². The lowest BCUT2D eigenvalue weighted by atomic mass is 9.44. The Morgan fingerprint density at radius 1 is 1.24 bits per heavy atom. The van der Waals surface area contributed by atoms with E-state index in [1.165, 1.54) is 18.2 Å². The first-order valence-corrected chi connectivity index (χ1v) is 13.0. The number of carbonyl (C=O) groups excluding carboxylic acids is 2. The predicted octanol–water partition coefficient (Wildman–Crippen LogP) is 3.18. The number of aliphatic hydroxyl groups excluding tert-OH is 2. The molecule has 0 bridgehead atoms. The number of rotatable bonds is 4. The molecule has 200 valence electrons. The number of ketones is 2. The lowest BCUT2D eigenvalue weighted by Crippen LogP contribution is -2.70. The first-order chi connectivity index (χ1) is 17.4. The summed E-state index contributed by atoms with van der Waals surface area (Å²) in [5, 5.41) is 23.2. The van der Waals surface area contributed by atoms with E-state index in [2.05, 4.69) is 0 Å². The monoisotopic (exact) mass is 517 g/mol. The first-order valence-electron chi connectivity index (χ1n) is 13.0. The molecule has 0 unspecified atom stereocenters. The van der Waals surface area contributed by atoms with Gasteiger partial charge >= 0.3 is 0 Å². The Bertz CT molecular complexity index is 1230. The van der Waals surface area contributed by atoms with Crippen LogP contribution >= 0.6 is 0 Å². The van der Waals surface area contributed by atoms with Gasteiger partial charge in [-0.3, -0.25) is 14.4 Å². The Labute approximate surface area is 214 Å². The molecule has 0 amide bonds. The van der Waals surface area contributed by atoms with Crippen molar-refractivity contribution in [1.82, 2.24) is 5.06 Å². The third kappa shape index (κ3) is 3.00. The molecular formula is C28H33F2NO6. The number of hydroxylamine groups is 2. The van der Waals surface area contributed by atoms with Crippen LogP contribution in [0, 0.1) is 35.5 Å². The van der Waals surface area contributed by atoms with Crippen LogP contribution in [0.25, 0.3) is 0 Å². The van der Waals surface area contributed by atoms with E-state index in [4.69, 9.17) is 9.25 Å². The van der Waals surface area contributed by atoms with Gasteiger partial charge in [0, 0.05) is 29.2 Å². The Kier molecular flexibility index (Phi) is 5.37. The van der Waals surface area contributed by atoms with Crippen molar-refractivity contribution in [3.05, 3.63) is 47.5 Å². The summed E-state index contributed by atoms with van der Waals surface area (Å²) in [7, 11) is 0. The lowest BCUT2D eigenvalue weighted by Gasteiger charge is -2.63. The highest BCUT2D eigenvalue weighted by Crippen LogP contribution is 2.72. The second kappa shape index (κ2) is 7.91. The number of nitrogens with zero attached hydrogens (tertiary/aromatic N) is 1. The van der Waals surface area contributed by atoms with Gasteiger partial charge in [-0.15, -0.1) is 0 Å². The van der Waals surface area contributed by atoms with Crippen LogP contribution in [0.3, 0.4) is 0 Å². The summed E-state index contributed by atoms with van der Waals surface area (Å²) in [4.78, 5) is 31.9. The zero-order chi connectivity index (χ0) is 26.5. The van der Waals surface area contributed by atoms with Crippen LogP contribution in [0.5, 0.6) is 0 Å². The van der Waals surface area contributed by atoms with E-state index < -0.39 is 64.4 Å². The van der Waals surface area contributed by atoms with Crippen LogP contribution in [0.15, 0.2) is 40.4 Å². The molecule has 1 aromatic rings. The molecule has 5 aliphatic rings. The second-order valence-corrected chi connectivity index (χ2v) is 12.0. The topological polar surface area (TPSA) is 100 Å². The SMILES string of the molecule is Cc1ccc(CN2C[C@@H]3C[C@H]4[C@@H]5C[C@H](F)C6=CC(=O)C=C[C@]6(C)[C@@]5(F)[C@@H](O)C[C@]4(C)[C@]3(C(=O)CO)O2)o1.